The maximum Gasteiger partial charge on any atom is 0.330 e. The second kappa shape index (κ2) is 6.59. The molecular formula is C19H20N4O3. The molecule has 134 valence electrons. The lowest BCUT2D eigenvalue weighted by atomic mass is 10.0. The van der Waals surface area contributed by atoms with Crippen molar-refractivity contribution < 1.29 is 14.7 Å². The van der Waals surface area contributed by atoms with Crippen molar-refractivity contribution in [2.24, 2.45) is 7.05 Å². The van der Waals surface area contributed by atoms with Crippen LogP contribution >= 0.6 is 0 Å². The average Bonchev–Trinajstić information content (AvgIpc) is 2.85. The number of aliphatic carboxylic acids is 1. The molecule has 0 aliphatic heterocycles. The first-order chi connectivity index (χ1) is 12.3. The van der Waals surface area contributed by atoms with Gasteiger partial charge in [-0.25, -0.2) is 9.78 Å². The molecule has 0 saturated carbocycles. The third kappa shape index (κ3) is 3.28. The Bertz CT molecular complexity index is 1000. The van der Waals surface area contributed by atoms with Crippen LogP contribution in [0.1, 0.15) is 38.8 Å². The highest BCUT2D eigenvalue weighted by Crippen LogP contribution is 2.20. The number of benzene rings is 1. The topological polar surface area (TPSA) is 97.1 Å². The Labute approximate surface area is 150 Å². The number of amides is 1. The number of aryl methyl sites for hydroxylation is 4. The van der Waals surface area contributed by atoms with Gasteiger partial charge in [0.25, 0.3) is 5.91 Å². The van der Waals surface area contributed by atoms with Crippen molar-refractivity contribution in [3.63, 3.8) is 0 Å². The lowest BCUT2D eigenvalue weighted by molar-refractivity contribution is -0.139. The van der Waals surface area contributed by atoms with Gasteiger partial charge >= 0.3 is 5.97 Å². The van der Waals surface area contributed by atoms with Gasteiger partial charge in [0, 0.05) is 18.6 Å². The van der Waals surface area contributed by atoms with E-state index in [2.05, 4.69) is 15.4 Å². The van der Waals surface area contributed by atoms with Crippen molar-refractivity contribution >= 4 is 22.9 Å². The Kier molecular flexibility index (Phi) is 4.46. The standard InChI is InChI=1S/C19H20N4O3/c1-10-5-11(2)7-13(6-10)16(19(25)26)21-18(24)14-8-15-12(3)22-23(4)17(15)20-9-14/h5-9,16H,1-4H3,(H,21,24)(H,25,26). The second-order valence-corrected chi connectivity index (χ2v) is 6.47. The maximum absolute atomic E-state index is 12.6. The SMILES string of the molecule is Cc1cc(C)cc(C(NC(=O)c2cnc3c(c2)c(C)nn3C)C(=O)O)c1. The molecule has 0 fully saturated rings. The first-order valence-corrected chi connectivity index (χ1v) is 8.17. The number of hydrogen-bond acceptors (Lipinski definition) is 4. The largest absolute Gasteiger partial charge is 0.479 e. The summed E-state index contributed by atoms with van der Waals surface area (Å²) in [6, 6.07) is 6.03. The predicted octanol–water partition coefficient (Wildman–Crippen LogP) is 2.45. The van der Waals surface area contributed by atoms with E-state index < -0.39 is 17.9 Å². The van der Waals surface area contributed by atoms with E-state index >= 15 is 0 Å². The van der Waals surface area contributed by atoms with E-state index in [0.717, 1.165) is 22.2 Å². The number of nitrogens with zero attached hydrogens (tertiary/aromatic N) is 3. The number of carboxylic acid groups (broad SMARTS) is 1. The summed E-state index contributed by atoms with van der Waals surface area (Å²) in [5.74, 6) is -1.61. The summed E-state index contributed by atoms with van der Waals surface area (Å²) < 4.78 is 1.64. The third-order valence-electron chi connectivity index (χ3n) is 4.22. The van der Waals surface area contributed by atoms with E-state index in [0.29, 0.717) is 16.8 Å². The van der Waals surface area contributed by atoms with E-state index in [1.54, 1.807) is 29.9 Å². The number of carbonyl (C=O) groups excluding carboxylic acids is 1. The molecule has 0 spiro atoms. The second-order valence-electron chi connectivity index (χ2n) is 6.47. The van der Waals surface area contributed by atoms with Crippen LogP contribution in [0.4, 0.5) is 0 Å². The summed E-state index contributed by atoms with van der Waals surface area (Å²) in [7, 11) is 1.78. The molecule has 0 saturated heterocycles. The van der Waals surface area contributed by atoms with Crippen LogP contribution in [0.5, 0.6) is 0 Å². The number of fused-ring (bicyclic) bond motifs is 1. The van der Waals surface area contributed by atoms with Gasteiger partial charge in [-0.05, 0) is 32.4 Å². The highest BCUT2D eigenvalue weighted by atomic mass is 16.4. The Morgan fingerprint density at radius 3 is 2.38 bits per heavy atom. The molecule has 7 nitrogen and oxygen atoms in total. The van der Waals surface area contributed by atoms with Crippen LogP contribution in [0.2, 0.25) is 0 Å². The molecule has 2 aromatic heterocycles. The lowest BCUT2D eigenvalue weighted by Gasteiger charge is -2.16. The van der Waals surface area contributed by atoms with Crippen LogP contribution in [-0.4, -0.2) is 31.7 Å². The summed E-state index contributed by atoms with van der Waals surface area (Å²) in [6.07, 6.45) is 1.43. The number of carboxylic acids is 1. The highest BCUT2D eigenvalue weighted by molar-refractivity contribution is 5.99. The monoisotopic (exact) mass is 352 g/mol. The summed E-state index contributed by atoms with van der Waals surface area (Å²) in [4.78, 5) is 28.6. The van der Waals surface area contributed by atoms with E-state index in [4.69, 9.17) is 0 Å². The van der Waals surface area contributed by atoms with Gasteiger partial charge in [-0.1, -0.05) is 29.3 Å². The fourth-order valence-electron chi connectivity index (χ4n) is 3.11. The molecule has 1 atom stereocenters. The van der Waals surface area contributed by atoms with Crippen LogP contribution in [0, 0.1) is 20.8 Å². The summed E-state index contributed by atoms with van der Waals surface area (Å²) in [5, 5.41) is 17.2. The van der Waals surface area contributed by atoms with Crippen LogP contribution < -0.4 is 5.32 Å². The van der Waals surface area contributed by atoms with Crippen LogP contribution in [0.3, 0.4) is 0 Å². The van der Waals surface area contributed by atoms with E-state index in [-0.39, 0.29) is 0 Å². The quantitative estimate of drug-likeness (QED) is 0.752. The smallest absolute Gasteiger partial charge is 0.330 e. The molecule has 26 heavy (non-hydrogen) atoms. The molecule has 1 unspecified atom stereocenters. The summed E-state index contributed by atoms with van der Waals surface area (Å²) in [5.41, 5.74) is 4.14. The Morgan fingerprint density at radius 1 is 1.12 bits per heavy atom. The van der Waals surface area contributed by atoms with Gasteiger partial charge < -0.3 is 10.4 Å². The molecule has 0 bridgehead atoms. The number of hydrogen-bond donors (Lipinski definition) is 2. The van der Waals surface area contributed by atoms with Crippen molar-refractivity contribution in [1.82, 2.24) is 20.1 Å². The first-order valence-electron chi connectivity index (χ1n) is 8.17. The Morgan fingerprint density at radius 2 is 1.77 bits per heavy atom. The number of carbonyl (C=O) groups is 2. The fraction of sp³-hybridized carbons (Fsp3) is 0.263. The first kappa shape index (κ1) is 17.6. The lowest BCUT2D eigenvalue weighted by Crippen LogP contribution is -2.34. The maximum atomic E-state index is 12.6. The molecule has 2 heterocycles. The molecule has 0 aliphatic carbocycles. The minimum absolute atomic E-state index is 0.296. The number of rotatable bonds is 4. The van der Waals surface area contributed by atoms with Crippen LogP contribution in [0.15, 0.2) is 30.5 Å². The number of aromatic nitrogens is 3. The van der Waals surface area contributed by atoms with Crippen LogP contribution in [0.25, 0.3) is 11.0 Å². The minimum Gasteiger partial charge on any atom is -0.479 e. The average molecular weight is 352 g/mol. The van der Waals surface area contributed by atoms with Crippen molar-refractivity contribution in [2.45, 2.75) is 26.8 Å². The van der Waals surface area contributed by atoms with Gasteiger partial charge in [-0.3, -0.25) is 9.48 Å². The normalized spacial score (nSPS) is 12.2. The molecule has 1 amide bonds. The zero-order valence-electron chi connectivity index (χ0n) is 15.1. The molecule has 3 rings (SSSR count). The zero-order valence-corrected chi connectivity index (χ0v) is 15.1. The van der Waals surface area contributed by atoms with Gasteiger partial charge in [0.2, 0.25) is 0 Å². The van der Waals surface area contributed by atoms with Crippen molar-refractivity contribution in [2.75, 3.05) is 0 Å². The zero-order chi connectivity index (χ0) is 19.0. The predicted molar refractivity (Wildman–Crippen MR) is 97.0 cm³/mol. The Hall–Kier alpha value is -3.22. The van der Waals surface area contributed by atoms with E-state index in [9.17, 15) is 14.7 Å². The molecule has 0 aliphatic rings. The summed E-state index contributed by atoms with van der Waals surface area (Å²) >= 11 is 0. The molecule has 1 aromatic carbocycles. The molecule has 3 aromatic rings. The van der Waals surface area contributed by atoms with Gasteiger partial charge in [0.1, 0.15) is 0 Å². The molecule has 2 N–H and O–H groups in total. The van der Waals surface area contributed by atoms with E-state index in [1.807, 2.05) is 26.8 Å². The fourth-order valence-corrected chi connectivity index (χ4v) is 3.11. The van der Waals surface area contributed by atoms with Gasteiger partial charge in [0.15, 0.2) is 11.7 Å². The molecule has 7 heteroatoms. The van der Waals surface area contributed by atoms with Gasteiger partial charge in [0.05, 0.1) is 11.3 Å². The number of pyridine rings is 1. The summed E-state index contributed by atoms with van der Waals surface area (Å²) in [6.45, 7) is 5.61. The molecular weight excluding hydrogens is 332 g/mol. The van der Waals surface area contributed by atoms with Crippen LogP contribution in [-0.2, 0) is 11.8 Å². The van der Waals surface area contributed by atoms with Gasteiger partial charge in [-0.2, -0.15) is 5.10 Å². The van der Waals surface area contributed by atoms with Crippen molar-refractivity contribution in [1.29, 1.82) is 0 Å². The third-order valence-corrected chi connectivity index (χ3v) is 4.22. The highest BCUT2D eigenvalue weighted by Gasteiger charge is 2.24. The molecule has 0 radical (unpaired) electrons. The van der Waals surface area contributed by atoms with E-state index in [1.165, 1.54) is 6.20 Å². The van der Waals surface area contributed by atoms with Gasteiger partial charge in [-0.15, -0.1) is 0 Å². The Balaban J connectivity index is 1.93. The number of nitrogens with one attached hydrogen (secondary N) is 1. The van der Waals surface area contributed by atoms with Crippen molar-refractivity contribution in [3.05, 3.63) is 58.4 Å². The van der Waals surface area contributed by atoms with Crippen molar-refractivity contribution in [3.8, 4) is 0 Å². The minimum atomic E-state index is -1.13.